The van der Waals surface area contributed by atoms with E-state index in [4.69, 9.17) is 5.73 Å². The van der Waals surface area contributed by atoms with E-state index < -0.39 is 0 Å². The zero-order valence-electron chi connectivity index (χ0n) is 11.0. The molecule has 0 radical (unpaired) electrons. The van der Waals surface area contributed by atoms with Gasteiger partial charge in [0.1, 0.15) is 5.82 Å². The lowest BCUT2D eigenvalue weighted by atomic mass is 10.2. The molecule has 0 atom stereocenters. The first-order chi connectivity index (χ1) is 9.74. The lowest BCUT2D eigenvalue weighted by molar-refractivity contribution is 0.423. The third kappa shape index (κ3) is 2.77. The van der Waals surface area contributed by atoms with Crippen LogP contribution in [0.3, 0.4) is 0 Å². The standard InChI is InChI=1S/C13H16FN5S/c14-11-7-9(5-6-12(11)15)8-20-13-16-17-18-19(13)10-3-1-2-4-10/h5-7,10H,1-4,8,15H2. The Labute approximate surface area is 120 Å². The smallest absolute Gasteiger partial charge is 0.209 e. The predicted octanol–water partition coefficient (Wildman–Crippen LogP) is 2.80. The van der Waals surface area contributed by atoms with E-state index >= 15 is 0 Å². The number of anilines is 1. The fraction of sp³-hybridized carbons (Fsp3) is 0.462. The molecule has 3 rings (SSSR count). The number of hydrogen-bond donors (Lipinski definition) is 1. The number of benzene rings is 1. The molecule has 1 heterocycles. The molecule has 0 amide bonds. The van der Waals surface area contributed by atoms with Crippen molar-refractivity contribution < 1.29 is 4.39 Å². The molecular formula is C13H16FN5S. The first-order valence-electron chi connectivity index (χ1n) is 6.68. The van der Waals surface area contributed by atoms with Crippen molar-refractivity contribution in [2.45, 2.75) is 42.6 Å². The Morgan fingerprint density at radius 3 is 2.90 bits per heavy atom. The summed E-state index contributed by atoms with van der Waals surface area (Å²) in [5, 5.41) is 12.7. The van der Waals surface area contributed by atoms with Crippen LogP contribution in [0.1, 0.15) is 37.3 Å². The second-order valence-electron chi connectivity index (χ2n) is 4.99. The average molecular weight is 293 g/mol. The highest BCUT2D eigenvalue weighted by Gasteiger charge is 2.21. The first kappa shape index (κ1) is 13.4. The Morgan fingerprint density at radius 2 is 2.15 bits per heavy atom. The van der Waals surface area contributed by atoms with Gasteiger partial charge < -0.3 is 5.73 Å². The summed E-state index contributed by atoms with van der Waals surface area (Å²) >= 11 is 1.53. The molecule has 7 heteroatoms. The summed E-state index contributed by atoms with van der Waals surface area (Å²) in [5.74, 6) is 0.253. The molecule has 1 saturated carbocycles. The van der Waals surface area contributed by atoms with Crippen LogP contribution in [0.15, 0.2) is 23.4 Å². The van der Waals surface area contributed by atoms with E-state index in [0.717, 1.165) is 23.6 Å². The molecule has 2 N–H and O–H groups in total. The molecule has 0 spiro atoms. The van der Waals surface area contributed by atoms with Gasteiger partial charge in [-0.1, -0.05) is 30.7 Å². The van der Waals surface area contributed by atoms with Gasteiger partial charge in [-0.2, -0.15) is 0 Å². The highest BCUT2D eigenvalue weighted by atomic mass is 32.2. The molecule has 1 aliphatic rings. The van der Waals surface area contributed by atoms with Gasteiger partial charge in [0.05, 0.1) is 11.7 Å². The topological polar surface area (TPSA) is 69.6 Å². The second-order valence-corrected chi connectivity index (χ2v) is 5.93. The molecule has 1 aliphatic carbocycles. The van der Waals surface area contributed by atoms with E-state index in [9.17, 15) is 4.39 Å². The lowest BCUT2D eigenvalue weighted by Crippen LogP contribution is -2.08. The van der Waals surface area contributed by atoms with Crippen LogP contribution in [0.25, 0.3) is 0 Å². The van der Waals surface area contributed by atoms with Gasteiger partial charge in [0.25, 0.3) is 0 Å². The number of hydrogen-bond acceptors (Lipinski definition) is 5. The quantitative estimate of drug-likeness (QED) is 0.693. The third-order valence-electron chi connectivity index (χ3n) is 3.57. The van der Waals surface area contributed by atoms with E-state index in [2.05, 4.69) is 15.5 Å². The third-order valence-corrected chi connectivity index (χ3v) is 4.57. The van der Waals surface area contributed by atoms with E-state index in [1.165, 1.54) is 30.7 Å². The molecule has 0 unspecified atom stereocenters. The molecule has 2 aromatic rings. The van der Waals surface area contributed by atoms with Crippen LogP contribution in [-0.2, 0) is 5.75 Å². The molecule has 0 aliphatic heterocycles. The fourth-order valence-electron chi connectivity index (χ4n) is 2.47. The molecule has 1 fully saturated rings. The molecular weight excluding hydrogens is 277 g/mol. The summed E-state index contributed by atoms with van der Waals surface area (Å²) in [6.07, 6.45) is 4.74. The van der Waals surface area contributed by atoms with Crippen LogP contribution < -0.4 is 5.73 Å². The van der Waals surface area contributed by atoms with Gasteiger partial charge >= 0.3 is 0 Å². The van der Waals surface area contributed by atoms with Gasteiger partial charge in [0, 0.05) is 5.75 Å². The van der Waals surface area contributed by atoms with Crippen LogP contribution in [0.4, 0.5) is 10.1 Å². The second kappa shape index (κ2) is 5.78. The number of nitrogen functional groups attached to an aromatic ring is 1. The summed E-state index contributed by atoms with van der Waals surface area (Å²) in [4.78, 5) is 0. The minimum absolute atomic E-state index is 0.175. The van der Waals surface area contributed by atoms with Gasteiger partial charge in [0.2, 0.25) is 5.16 Å². The highest BCUT2D eigenvalue weighted by molar-refractivity contribution is 7.98. The summed E-state index contributed by atoms with van der Waals surface area (Å²) in [6, 6.07) is 5.29. The highest BCUT2D eigenvalue weighted by Crippen LogP contribution is 2.32. The number of thioether (sulfide) groups is 1. The monoisotopic (exact) mass is 293 g/mol. The molecule has 20 heavy (non-hydrogen) atoms. The minimum atomic E-state index is -0.376. The van der Waals surface area contributed by atoms with Crippen molar-refractivity contribution in [3.63, 3.8) is 0 Å². The lowest BCUT2D eigenvalue weighted by Gasteiger charge is -2.10. The Kier molecular flexibility index (Phi) is 3.86. The summed E-state index contributed by atoms with van der Waals surface area (Å²) < 4.78 is 15.3. The number of rotatable bonds is 4. The number of tetrazole rings is 1. The molecule has 5 nitrogen and oxygen atoms in total. The molecule has 1 aromatic carbocycles. The predicted molar refractivity (Wildman–Crippen MR) is 75.7 cm³/mol. The number of nitrogens with two attached hydrogens (primary N) is 1. The first-order valence-corrected chi connectivity index (χ1v) is 7.67. The van der Waals surface area contributed by atoms with Crippen molar-refractivity contribution >= 4 is 17.4 Å². The Hall–Kier alpha value is -1.63. The van der Waals surface area contributed by atoms with Gasteiger partial charge in [-0.15, -0.1) is 5.10 Å². The van der Waals surface area contributed by atoms with Gasteiger partial charge in [0.15, 0.2) is 0 Å². The van der Waals surface area contributed by atoms with Gasteiger partial charge in [-0.25, -0.2) is 9.07 Å². The van der Waals surface area contributed by atoms with E-state index in [1.807, 2.05) is 10.7 Å². The maximum Gasteiger partial charge on any atom is 0.209 e. The van der Waals surface area contributed by atoms with Crippen LogP contribution in [0, 0.1) is 5.82 Å². The number of aromatic nitrogens is 4. The number of nitrogens with zero attached hydrogens (tertiary/aromatic N) is 4. The van der Waals surface area contributed by atoms with E-state index in [0.29, 0.717) is 11.8 Å². The van der Waals surface area contributed by atoms with Crippen molar-refractivity contribution in [1.29, 1.82) is 0 Å². The van der Waals surface area contributed by atoms with Crippen LogP contribution >= 0.6 is 11.8 Å². The summed E-state index contributed by atoms with van der Waals surface area (Å²) in [6.45, 7) is 0. The number of halogens is 1. The largest absolute Gasteiger partial charge is 0.396 e. The Bertz CT molecular complexity index is 594. The Balaban J connectivity index is 1.69. The van der Waals surface area contributed by atoms with Crippen molar-refractivity contribution in [2.75, 3.05) is 5.73 Å². The van der Waals surface area contributed by atoms with Crippen LogP contribution in [0.5, 0.6) is 0 Å². The van der Waals surface area contributed by atoms with E-state index in [-0.39, 0.29) is 11.5 Å². The van der Waals surface area contributed by atoms with Crippen molar-refractivity contribution in [2.24, 2.45) is 0 Å². The maximum atomic E-state index is 13.4. The van der Waals surface area contributed by atoms with Gasteiger partial charge in [-0.05, 0) is 41.0 Å². The SMILES string of the molecule is Nc1ccc(CSc2nnnn2C2CCCC2)cc1F. The summed E-state index contributed by atoms with van der Waals surface area (Å²) in [5.41, 5.74) is 6.52. The van der Waals surface area contributed by atoms with E-state index in [1.54, 1.807) is 6.07 Å². The maximum absolute atomic E-state index is 13.4. The van der Waals surface area contributed by atoms with Crippen molar-refractivity contribution in [1.82, 2.24) is 20.2 Å². The zero-order valence-corrected chi connectivity index (χ0v) is 11.8. The molecule has 0 bridgehead atoms. The normalized spacial score (nSPS) is 15.8. The zero-order chi connectivity index (χ0) is 13.9. The fourth-order valence-corrected chi connectivity index (χ4v) is 3.35. The van der Waals surface area contributed by atoms with Crippen molar-refractivity contribution in [3.05, 3.63) is 29.6 Å². The molecule has 106 valence electrons. The van der Waals surface area contributed by atoms with Crippen molar-refractivity contribution in [3.8, 4) is 0 Å². The summed E-state index contributed by atoms with van der Waals surface area (Å²) in [7, 11) is 0. The average Bonchev–Trinajstić information content (AvgIpc) is 3.09. The minimum Gasteiger partial charge on any atom is -0.396 e. The molecule has 0 saturated heterocycles. The van der Waals surface area contributed by atoms with Gasteiger partial charge in [-0.3, -0.25) is 0 Å². The molecule has 1 aromatic heterocycles. The Morgan fingerprint density at radius 1 is 1.35 bits per heavy atom. The van der Waals surface area contributed by atoms with Crippen LogP contribution in [-0.4, -0.2) is 20.2 Å². The van der Waals surface area contributed by atoms with Crippen LogP contribution in [0.2, 0.25) is 0 Å².